The van der Waals surface area contributed by atoms with Crippen LogP contribution in [0.3, 0.4) is 0 Å². The molecule has 1 saturated heterocycles. The molecule has 0 radical (unpaired) electrons. The maximum atomic E-state index is 5.56. The third kappa shape index (κ3) is 2.80. The molecule has 1 atom stereocenters. The van der Waals surface area contributed by atoms with Crippen LogP contribution in [-0.4, -0.2) is 26.3 Å². The van der Waals surface area contributed by atoms with Crippen LogP contribution in [0.2, 0.25) is 0 Å². The Morgan fingerprint density at radius 1 is 1.33 bits per heavy atom. The summed E-state index contributed by atoms with van der Waals surface area (Å²) in [7, 11) is 0. The van der Waals surface area contributed by atoms with Crippen molar-refractivity contribution in [3.63, 3.8) is 0 Å². The molecule has 1 aliphatic heterocycles. The quantitative estimate of drug-likeness (QED) is 0.797. The van der Waals surface area contributed by atoms with E-state index in [1.807, 2.05) is 0 Å². The lowest BCUT2D eigenvalue weighted by Crippen LogP contribution is -2.21. The Morgan fingerprint density at radius 2 is 2.13 bits per heavy atom. The van der Waals surface area contributed by atoms with E-state index in [2.05, 4.69) is 36.5 Å². The monoisotopic (exact) mass is 205 g/mol. The van der Waals surface area contributed by atoms with Crippen LogP contribution in [0.5, 0.6) is 0 Å². The second kappa shape index (κ2) is 5.29. The van der Waals surface area contributed by atoms with E-state index in [4.69, 9.17) is 4.74 Å². The van der Waals surface area contributed by atoms with Crippen molar-refractivity contribution in [1.82, 2.24) is 5.32 Å². The minimum atomic E-state index is 0.512. The van der Waals surface area contributed by atoms with Crippen molar-refractivity contribution < 1.29 is 4.74 Å². The standard InChI is InChI=1S/C13H19NO/c1-2-11-3-5-12(6-4-11)13-9-14-7-8-15-10-13/h3-6,13-14H,2,7-10H2,1H3. The Labute approximate surface area is 91.6 Å². The number of rotatable bonds is 2. The normalized spacial score (nSPS) is 22.3. The zero-order chi connectivity index (χ0) is 10.5. The van der Waals surface area contributed by atoms with E-state index in [1.165, 1.54) is 11.1 Å². The van der Waals surface area contributed by atoms with Crippen LogP contribution in [0.1, 0.15) is 24.0 Å². The van der Waals surface area contributed by atoms with Gasteiger partial charge in [0.1, 0.15) is 0 Å². The lowest BCUT2D eigenvalue weighted by atomic mass is 9.98. The van der Waals surface area contributed by atoms with Gasteiger partial charge in [0.25, 0.3) is 0 Å². The summed E-state index contributed by atoms with van der Waals surface area (Å²) in [5.74, 6) is 0.512. The molecule has 0 aromatic heterocycles. The van der Waals surface area contributed by atoms with E-state index in [-0.39, 0.29) is 0 Å². The largest absolute Gasteiger partial charge is 0.379 e. The Kier molecular flexibility index (Phi) is 3.75. The molecule has 82 valence electrons. The van der Waals surface area contributed by atoms with Gasteiger partial charge in [-0.25, -0.2) is 0 Å². The number of benzene rings is 1. The summed E-state index contributed by atoms with van der Waals surface area (Å²) < 4.78 is 5.56. The average molecular weight is 205 g/mol. The fraction of sp³-hybridized carbons (Fsp3) is 0.538. The third-order valence-corrected chi connectivity index (χ3v) is 2.99. The first-order valence-corrected chi connectivity index (χ1v) is 5.77. The zero-order valence-corrected chi connectivity index (χ0v) is 9.33. The van der Waals surface area contributed by atoms with Crippen LogP contribution in [0, 0.1) is 0 Å². The van der Waals surface area contributed by atoms with Crippen molar-refractivity contribution in [2.45, 2.75) is 19.3 Å². The molecular formula is C13H19NO. The number of nitrogens with one attached hydrogen (secondary N) is 1. The van der Waals surface area contributed by atoms with Crippen molar-refractivity contribution in [1.29, 1.82) is 0 Å². The van der Waals surface area contributed by atoms with E-state index in [0.717, 1.165) is 32.7 Å². The second-order valence-corrected chi connectivity index (χ2v) is 4.07. The second-order valence-electron chi connectivity index (χ2n) is 4.07. The summed E-state index contributed by atoms with van der Waals surface area (Å²) >= 11 is 0. The van der Waals surface area contributed by atoms with E-state index in [0.29, 0.717) is 5.92 Å². The fourth-order valence-electron chi connectivity index (χ4n) is 1.94. The summed E-state index contributed by atoms with van der Waals surface area (Å²) in [5, 5.41) is 3.40. The van der Waals surface area contributed by atoms with Crippen molar-refractivity contribution in [3.05, 3.63) is 35.4 Å². The van der Waals surface area contributed by atoms with Gasteiger partial charge in [0.2, 0.25) is 0 Å². The molecule has 2 heteroatoms. The van der Waals surface area contributed by atoms with Gasteiger partial charge in [-0.05, 0) is 17.5 Å². The minimum absolute atomic E-state index is 0.512. The first-order chi connectivity index (χ1) is 7.40. The first-order valence-electron chi connectivity index (χ1n) is 5.77. The number of hydrogen-bond acceptors (Lipinski definition) is 2. The van der Waals surface area contributed by atoms with E-state index in [1.54, 1.807) is 0 Å². The van der Waals surface area contributed by atoms with E-state index >= 15 is 0 Å². The zero-order valence-electron chi connectivity index (χ0n) is 9.33. The molecule has 1 fully saturated rings. The molecule has 1 aromatic rings. The molecule has 1 unspecified atom stereocenters. The van der Waals surface area contributed by atoms with Gasteiger partial charge in [-0.3, -0.25) is 0 Å². The van der Waals surface area contributed by atoms with E-state index in [9.17, 15) is 0 Å². The third-order valence-electron chi connectivity index (χ3n) is 2.99. The molecule has 0 spiro atoms. The Bertz CT molecular complexity index is 286. The van der Waals surface area contributed by atoms with Gasteiger partial charge in [0.15, 0.2) is 0 Å². The summed E-state index contributed by atoms with van der Waals surface area (Å²) in [6.45, 7) is 5.88. The lowest BCUT2D eigenvalue weighted by Gasteiger charge is -2.14. The highest BCUT2D eigenvalue weighted by Gasteiger charge is 2.13. The SMILES string of the molecule is CCc1ccc(C2CNCCOC2)cc1. The van der Waals surface area contributed by atoms with Gasteiger partial charge in [0.05, 0.1) is 13.2 Å². The predicted octanol–water partition coefficient (Wildman–Crippen LogP) is 1.95. The summed E-state index contributed by atoms with van der Waals surface area (Å²) in [6.07, 6.45) is 1.11. The van der Waals surface area contributed by atoms with Gasteiger partial charge in [-0.2, -0.15) is 0 Å². The Hall–Kier alpha value is -0.860. The van der Waals surface area contributed by atoms with Crippen LogP contribution >= 0.6 is 0 Å². The predicted molar refractivity (Wildman–Crippen MR) is 62.2 cm³/mol. The van der Waals surface area contributed by atoms with E-state index < -0.39 is 0 Å². The van der Waals surface area contributed by atoms with Crippen LogP contribution in [0.25, 0.3) is 0 Å². The molecule has 0 amide bonds. The molecular weight excluding hydrogens is 186 g/mol. The molecule has 15 heavy (non-hydrogen) atoms. The van der Waals surface area contributed by atoms with Gasteiger partial charge >= 0.3 is 0 Å². The minimum Gasteiger partial charge on any atom is -0.379 e. The Balaban J connectivity index is 2.06. The molecule has 2 nitrogen and oxygen atoms in total. The number of aryl methyl sites for hydroxylation is 1. The topological polar surface area (TPSA) is 21.3 Å². The summed E-state index contributed by atoms with van der Waals surface area (Å²) in [5.41, 5.74) is 2.79. The van der Waals surface area contributed by atoms with Crippen LogP contribution in [0.4, 0.5) is 0 Å². The molecule has 0 saturated carbocycles. The van der Waals surface area contributed by atoms with Crippen molar-refractivity contribution in [2.24, 2.45) is 0 Å². The molecule has 1 N–H and O–H groups in total. The maximum Gasteiger partial charge on any atom is 0.0591 e. The van der Waals surface area contributed by atoms with Crippen molar-refractivity contribution in [2.75, 3.05) is 26.3 Å². The maximum absolute atomic E-state index is 5.56. The van der Waals surface area contributed by atoms with Gasteiger partial charge in [-0.15, -0.1) is 0 Å². The Morgan fingerprint density at radius 3 is 2.87 bits per heavy atom. The van der Waals surface area contributed by atoms with Crippen LogP contribution in [0.15, 0.2) is 24.3 Å². The highest BCUT2D eigenvalue weighted by Crippen LogP contribution is 2.17. The van der Waals surface area contributed by atoms with Crippen LogP contribution < -0.4 is 5.32 Å². The van der Waals surface area contributed by atoms with Gasteiger partial charge in [0, 0.05) is 19.0 Å². The van der Waals surface area contributed by atoms with Crippen molar-refractivity contribution in [3.8, 4) is 0 Å². The molecule has 0 bridgehead atoms. The van der Waals surface area contributed by atoms with Crippen molar-refractivity contribution >= 4 is 0 Å². The summed E-state index contributed by atoms with van der Waals surface area (Å²) in [6, 6.07) is 8.92. The van der Waals surface area contributed by atoms with Gasteiger partial charge in [-0.1, -0.05) is 31.2 Å². The molecule has 1 heterocycles. The van der Waals surface area contributed by atoms with Crippen LogP contribution in [-0.2, 0) is 11.2 Å². The van der Waals surface area contributed by atoms with Gasteiger partial charge < -0.3 is 10.1 Å². The summed E-state index contributed by atoms with van der Waals surface area (Å²) in [4.78, 5) is 0. The number of hydrogen-bond donors (Lipinski definition) is 1. The molecule has 0 aliphatic carbocycles. The molecule has 1 aliphatic rings. The lowest BCUT2D eigenvalue weighted by molar-refractivity contribution is 0.141. The average Bonchev–Trinajstić information content (AvgIpc) is 2.58. The highest BCUT2D eigenvalue weighted by molar-refractivity contribution is 5.25. The molecule has 1 aromatic carbocycles. The smallest absolute Gasteiger partial charge is 0.0591 e. The highest BCUT2D eigenvalue weighted by atomic mass is 16.5. The first kappa shape index (κ1) is 10.7. The molecule has 2 rings (SSSR count). The number of ether oxygens (including phenoxy) is 1. The fourth-order valence-corrected chi connectivity index (χ4v) is 1.94.